The first kappa shape index (κ1) is 22.4. The molecule has 0 aliphatic carbocycles. The molecule has 4 aromatic heterocycles. The number of hydrogen-bond donors (Lipinski definition) is 1. The number of morpholine rings is 1. The first-order chi connectivity index (χ1) is 17.0. The molecule has 35 heavy (non-hydrogen) atoms. The van der Waals surface area contributed by atoms with Gasteiger partial charge in [-0.1, -0.05) is 0 Å². The molecular formula is C23H28N8O3S. The Kier molecular flexibility index (Phi) is 5.67. The Bertz CT molecular complexity index is 1470. The minimum absolute atomic E-state index is 0.518. The highest BCUT2D eigenvalue weighted by Gasteiger charge is 2.25. The van der Waals surface area contributed by atoms with E-state index in [2.05, 4.69) is 32.0 Å². The van der Waals surface area contributed by atoms with Gasteiger partial charge in [0.05, 0.1) is 19.5 Å². The molecule has 0 bridgehead atoms. The van der Waals surface area contributed by atoms with Crippen LogP contribution in [0.3, 0.4) is 0 Å². The molecule has 0 spiro atoms. The summed E-state index contributed by atoms with van der Waals surface area (Å²) in [7, 11) is -3.14. The van der Waals surface area contributed by atoms with E-state index < -0.39 is 10.0 Å². The van der Waals surface area contributed by atoms with Crippen molar-refractivity contribution in [1.29, 1.82) is 0 Å². The molecule has 0 aromatic carbocycles. The van der Waals surface area contributed by atoms with Crippen molar-refractivity contribution in [2.24, 2.45) is 0 Å². The maximum Gasteiger partial charge on any atom is 0.211 e. The van der Waals surface area contributed by atoms with E-state index in [-0.39, 0.29) is 0 Å². The van der Waals surface area contributed by atoms with Crippen molar-refractivity contribution in [3.05, 3.63) is 42.4 Å². The molecular weight excluding hydrogens is 468 g/mol. The Hall–Kier alpha value is -3.06. The molecule has 12 heteroatoms. The van der Waals surface area contributed by atoms with Crippen LogP contribution in [-0.2, 0) is 21.3 Å². The normalized spacial score (nSPS) is 18.6. The summed E-state index contributed by atoms with van der Waals surface area (Å²) in [5, 5.41) is 5.87. The van der Waals surface area contributed by atoms with Gasteiger partial charge in [0.1, 0.15) is 11.2 Å². The lowest BCUT2D eigenvalue weighted by Gasteiger charge is -2.32. The van der Waals surface area contributed by atoms with E-state index in [1.807, 2.05) is 22.8 Å². The van der Waals surface area contributed by atoms with Crippen LogP contribution in [0.4, 0.5) is 5.82 Å². The fourth-order valence-corrected chi connectivity index (χ4v) is 5.71. The van der Waals surface area contributed by atoms with Crippen LogP contribution in [0.25, 0.3) is 27.9 Å². The highest BCUT2D eigenvalue weighted by atomic mass is 32.2. The minimum Gasteiger partial charge on any atom is -0.378 e. The van der Waals surface area contributed by atoms with Gasteiger partial charge in [-0.15, -0.1) is 5.10 Å². The van der Waals surface area contributed by atoms with Crippen molar-refractivity contribution >= 4 is 32.4 Å². The number of sulfonamides is 1. The van der Waals surface area contributed by atoms with Crippen molar-refractivity contribution < 1.29 is 13.2 Å². The summed E-state index contributed by atoms with van der Waals surface area (Å²) in [6.45, 7) is 6.06. The SMILES string of the molecule is CS(=O)(=O)N1CCN(Cc2cc3c(N4CCOCC4)nc(-c4ccnc5[nH]ccc45)nn3c2)CC1. The third-order valence-corrected chi connectivity index (χ3v) is 8.02. The van der Waals surface area contributed by atoms with Crippen molar-refractivity contribution in [3.8, 4) is 11.4 Å². The summed E-state index contributed by atoms with van der Waals surface area (Å²) in [4.78, 5) is 17.1. The second-order valence-corrected chi connectivity index (χ2v) is 11.1. The van der Waals surface area contributed by atoms with Crippen molar-refractivity contribution in [2.75, 3.05) is 63.6 Å². The number of piperazine rings is 1. The van der Waals surface area contributed by atoms with E-state index in [0.717, 1.165) is 53.1 Å². The van der Waals surface area contributed by atoms with E-state index >= 15 is 0 Å². The highest BCUT2D eigenvalue weighted by molar-refractivity contribution is 7.88. The van der Waals surface area contributed by atoms with E-state index in [9.17, 15) is 8.42 Å². The molecule has 2 saturated heterocycles. The number of nitrogens with zero attached hydrogens (tertiary/aromatic N) is 7. The quantitative estimate of drug-likeness (QED) is 0.439. The van der Waals surface area contributed by atoms with Crippen LogP contribution in [0.5, 0.6) is 0 Å². The minimum atomic E-state index is -3.14. The second kappa shape index (κ2) is 8.86. The van der Waals surface area contributed by atoms with Gasteiger partial charge < -0.3 is 14.6 Å². The number of rotatable bonds is 5. The lowest BCUT2D eigenvalue weighted by molar-refractivity contribution is 0.122. The summed E-state index contributed by atoms with van der Waals surface area (Å²) >= 11 is 0. The number of anilines is 1. The molecule has 11 nitrogen and oxygen atoms in total. The molecule has 2 fully saturated rings. The van der Waals surface area contributed by atoms with Crippen LogP contribution in [0, 0.1) is 0 Å². The Balaban J connectivity index is 1.36. The largest absolute Gasteiger partial charge is 0.378 e. The van der Waals surface area contributed by atoms with Crippen LogP contribution in [-0.4, -0.2) is 101 Å². The van der Waals surface area contributed by atoms with Crippen molar-refractivity contribution in [3.63, 3.8) is 0 Å². The zero-order chi connectivity index (χ0) is 24.0. The number of nitrogens with one attached hydrogen (secondary N) is 1. The summed E-state index contributed by atoms with van der Waals surface area (Å²) in [6, 6.07) is 6.10. The molecule has 6 heterocycles. The summed E-state index contributed by atoms with van der Waals surface area (Å²) in [6.07, 6.45) is 6.98. The van der Waals surface area contributed by atoms with Crippen LogP contribution in [0.1, 0.15) is 5.56 Å². The van der Waals surface area contributed by atoms with Gasteiger partial charge in [-0.2, -0.15) is 4.31 Å². The van der Waals surface area contributed by atoms with Gasteiger partial charge in [0.15, 0.2) is 11.6 Å². The number of aromatic nitrogens is 5. The molecule has 0 unspecified atom stereocenters. The number of pyridine rings is 1. The smallest absolute Gasteiger partial charge is 0.211 e. The number of hydrogen-bond acceptors (Lipinski definition) is 8. The van der Waals surface area contributed by atoms with Crippen molar-refractivity contribution in [1.82, 2.24) is 33.8 Å². The van der Waals surface area contributed by atoms with Crippen molar-refractivity contribution in [2.45, 2.75) is 6.54 Å². The van der Waals surface area contributed by atoms with Gasteiger partial charge in [-0.3, -0.25) is 4.90 Å². The standard InChI is InChI=1S/C23H28N8O3S/c1-35(32,33)30-8-6-28(7-9-30)15-17-14-20-23(29-10-12-34-13-11-29)26-22(27-31(20)16-17)19-3-5-25-21-18(19)2-4-24-21/h2-5,14,16H,6-13,15H2,1H3,(H,24,25). The number of fused-ring (bicyclic) bond motifs is 2. The van der Waals surface area contributed by atoms with Gasteiger partial charge in [-0.25, -0.2) is 22.9 Å². The average molecular weight is 497 g/mol. The number of aromatic amines is 1. The molecule has 0 saturated carbocycles. The Morgan fingerprint density at radius 3 is 2.66 bits per heavy atom. The lowest BCUT2D eigenvalue weighted by atomic mass is 10.2. The Labute approximate surface area is 203 Å². The molecule has 4 aromatic rings. The molecule has 0 radical (unpaired) electrons. The van der Waals surface area contributed by atoms with Crippen LogP contribution in [0.15, 0.2) is 36.8 Å². The van der Waals surface area contributed by atoms with Gasteiger partial charge in [0.25, 0.3) is 0 Å². The number of ether oxygens (including phenoxy) is 1. The van der Waals surface area contributed by atoms with Crippen LogP contribution in [0.2, 0.25) is 0 Å². The first-order valence-corrected chi connectivity index (χ1v) is 13.6. The van der Waals surface area contributed by atoms with E-state index in [1.165, 1.54) is 6.26 Å². The molecule has 1 N–H and O–H groups in total. The molecule has 0 atom stereocenters. The average Bonchev–Trinajstić information content (AvgIpc) is 3.50. The maximum atomic E-state index is 11.8. The van der Waals surface area contributed by atoms with E-state index in [1.54, 1.807) is 10.5 Å². The van der Waals surface area contributed by atoms with Crippen LogP contribution >= 0.6 is 0 Å². The molecule has 6 rings (SSSR count). The fourth-order valence-electron chi connectivity index (χ4n) is 4.88. The van der Waals surface area contributed by atoms with E-state index in [4.69, 9.17) is 14.8 Å². The number of H-pyrrole nitrogens is 1. The van der Waals surface area contributed by atoms with Crippen LogP contribution < -0.4 is 4.90 Å². The predicted octanol–water partition coefficient (Wildman–Crippen LogP) is 1.19. The summed E-state index contributed by atoms with van der Waals surface area (Å²) in [5.74, 6) is 1.54. The maximum absolute atomic E-state index is 11.8. The molecule has 0 amide bonds. The Morgan fingerprint density at radius 2 is 1.89 bits per heavy atom. The summed E-state index contributed by atoms with van der Waals surface area (Å²) < 4.78 is 32.7. The predicted molar refractivity (Wildman–Crippen MR) is 133 cm³/mol. The fraction of sp³-hybridized carbons (Fsp3) is 0.435. The monoisotopic (exact) mass is 496 g/mol. The van der Waals surface area contributed by atoms with Gasteiger partial charge in [0, 0.05) is 75.4 Å². The topological polar surface area (TPSA) is 112 Å². The van der Waals surface area contributed by atoms with Gasteiger partial charge in [0.2, 0.25) is 10.0 Å². The second-order valence-electron chi connectivity index (χ2n) is 9.07. The van der Waals surface area contributed by atoms with Gasteiger partial charge >= 0.3 is 0 Å². The lowest BCUT2D eigenvalue weighted by Crippen LogP contribution is -2.47. The molecule has 2 aliphatic rings. The molecule has 2 aliphatic heterocycles. The highest BCUT2D eigenvalue weighted by Crippen LogP contribution is 2.29. The Morgan fingerprint density at radius 1 is 1.09 bits per heavy atom. The third-order valence-electron chi connectivity index (χ3n) is 6.72. The third kappa shape index (κ3) is 4.38. The first-order valence-electron chi connectivity index (χ1n) is 11.8. The van der Waals surface area contributed by atoms with Gasteiger partial charge in [-0.05, 0) is 23.8 Å². The van der Waals surface area contributed by atoms with E-state index in [0.29, 0.717) is 45.2 Å². The zero-order valence-electron chi connectivity index (χ0n) is 19.6. The summed E-state index contributed by atoms with van der Waals surface area (Å²) in [5.41, 5.74) is 3.82. The molecule has 184 valence electrons. The zero-order valence-corrected chi connectivity index (χ0v) is 20.4.